The summed E-state index contributed by atoms with van der Waals surface area (Å²) >= 11 is 1.60. The summed E-state index contributed by atoms with van der Waals surface area (Å²) < 4.78 is 1.12. The number of fused-ring (bicyclic) bond motifs is 1. The molecule has 3 fully saturated rings. The van der Waals surface area contributed by atoms with Crippen molar-refractivity contribution in [2.24, 2.45) is 11.8 Å². The van der Waals surface area contributed by atoms with Crippen molar-refractivity contribution in [1.82, 2.24) is 10.2 Å². The Morgan fingerprint density at radius 2 is 2.11 bits per heavy atom. The Kier molecular flexibility index (Phi) is 5.27. The van der Waals surface area contributed by atoms with Gasteiger partial charge in [-0.25, -0.2) is 0 Å². The van der Waals surface area contributed by atoms with Gasteiger partial charge in [0.15, 0.2) is 0 Å². The molecule has 0 radical (unpaired) electrons. The van der Waals surface area contributed by atoms with Crippen LogP contribution in [0, 0.1) is 11.8 Å². The van der Waals surface area contributed by atoms with Crippen molar-refractivity contribution in [3.05, 3.63) is 10.6 Å². The van der Waals surface area contributed by atoms with Crippen LogP contribution in [0.15, 0.2) is 10.6 Å². The monoisotopic (exact) mass is 409 g/mol. The largest absolute Gasteiger partial charge is 0.543 e. The number of β-lactam (4-membered cyclic amide) rings is 1. The molecule has 1 amide bonds. The second-order valence-electron chi connectivity index (χ2n) is 9.29. The number of likely N-dealkylation sites (tertiary alicyclic amines) is 1. The highest BCUT2D eigenvalue weighted by Gasteiger charge is 2.59. The SMILES string of the molecule is C[C@@H](O)[C@H]1C(=O)N2C(C(=O)[O-])=C(S[C@@H]3CN[C@H](C[N+]4(C)CCCC4)C3)[C@H](C)[C@H]12. The second-order valence-corrected chi connectivity index (χ2v) is 10.6. The number of likely N-dealkylation sites (N-methyl/N-ethyl adjacent to an activating group) is 1. The molecule has 0 unspecified atom stereocenters. The predicted molar refractivity (Wildman–Crippen MR) is 105 cm³/mol. The highest BCUT2D eigenvalue weighted by Crippen LogP contribution is 2.51. The third kappa shape index (κ3) is 3.28. The molecular formula is C20H31N3O4S. The van der Waals surface area contributed by atoms with Gasteiger partial charge < -0.3 is 29.7 Å². The maximum Gasteiger partial charge on any atom is 0.235 e. The zero-order valence-corrected chi connectivity index (χ0v) is 17.7. The number of carboxylic acid groups (broad SMARTS) is 1. The zero-order chi connectivity index (χ0) is 20.2. The van der Waals surface area contributed by atoms with Gasteiger partial charge in [-0.1, -0.05) is 6.92 Å². The molecule has 8 heteroatoms. The summed E-state index contributed by atoms with van der Waals surface area (Å²) in [5.41, 5.74) is 0.0337. The minimum Gasteiger partial charge on any atom is -0.543 e. The Bertz CT molecular complexity index is 704. The maximum absolute atomic E-state index is 12.4. The fraction of sp³-hybridized carbons (Fsp3) is 0.800. The lowest BCUT2D eigenvalue weighted by molar-refractivity contribution is -0.898. The van der Waals surface area contributed by atoms with Crippen LogP contribution in [0.25, 0.3) is 0 Å². The summed E-state index contributed by atoms with van der Waals surface area (Å²) in [5, 5.41) is 25.7. The minimum atomic E-state index is -1.29. The summed E-state index contributed by atoms with van der Waals surface area (Å²) in [5.74, 6) is -2.18. The van der Waals surface area contributed by atoms with Crippen LogP contribution in [0.2, 0.25) is 0 Å². The van der Waals surface area contributed by atoms with Crippen molar-refractivity contribution in [3.63, 3.8) is 0 Å². The fourth-order valence-corrected chi connectivity index (χ4v) is 7.19. The van der Waals surface area contributed by atoms with Gasteiger partial charge in [-0.05, 0) is 13.3 Å². The molecule has 0 aromatic carbocycles. The number of hydrogen-bond acceptors (Lipinski definition) is 6. The lowest BCUT2D eigenvalue weighted by Crippen LogP contribution is -2.64. The van der Waals surface area contributed by atoms with Gasteiger partial charge in [-0.15, -0.1) is 11.8 Å². The number of carbonyl (C=O) groups excluding carboxylic acids is 2. The molecule has 4 aliphatic heterocycles. The highest BCUT2D eigenvalue weighted by atomic mass is 32.2. The predicted octanol–water partition coefficient (Wildman–Crippen LogP) is -0.490. The molecule has 0 spiro atoms. The van der Waals surface area contributed by atoms with Crippen molar-refractivity contribution in [3.8, 4) is 0 Å². The molecule has 4 rings (SSSR count). The number of amides is 1. The molecule has 6 atom stereocenters. The van der Waals surface area contributed by atoms with E-state index >= 15 is 0 Å². The maximum atomic E-state index is 12.4. The summed E-state index contributed by atoms with van der Waals surface area (Å²) in [6.07, 6.45) is 2.84. The van der Waals surface area contributed by atoms with Gasteiger partial charge in [0.1, 0.15) is 0 Å². The lowest BCUT2D eigenvalue weighted by atomic mass is 9.79. The number of thioether (sulfide) groups is 1. The van der Waals surface area contributed by atoms with E-state index in [1.807, 2.05) is 6.92 Å². The van der Waals surface area contributed by atoms with Gasteiger partial charge in [0.05, 0.1) is 62.5 Å². The molecule has 4 heterocycles. The zero-order valence-electron chi connectivity index (χ0n) is 16.9. The number of carbonyl (C=O) groups is 2. The Hall–Kier alpha value is -1.09. The first-order valence-corrected chi connectivity index (χ1v) is 11.3. The topological polar surface area (TPSA) is 92.7 Å². The lowest BCUT2D eigenvalue weighted by Gasteiger charge is -2.47. The van der Waals surface area contributed by atoms with Crippen LogP contribution in [0.1, 0.15) is 33.1 Å². The average molecular weight is 410 g/mol. The molecular weight excluding hydrogens is 378 g/mol. The average Bonchev–Trinajstić information content (AvgIpc) is 3.28. The van der Waals surface area contributed by atoms with Crippen molar-refractivity contribution < 1.29 is 24.3 Å². The van der Waals surface area contributed by atoms with E-state index in [-0.39, 0.29) is 23.6 Å². The number of nitrogens with one attached hydrogen (secondary N) is 1. The van der Waals surface area contributed by atoms with E-state index in [1.165, 1.54) is 30.8 Å². The summed E-state index contributed by atoms with van der Waals surface area (Å²) in [7, 11) is 2.33. The van der Waals surface area contributed by atoms with Crippen molar-refractivity contribution >= 4 is 23.6 Å². The minimum absolute atomic E-state index is 0.0337. The molecule has 2 N–H and O–H groups in total. The summed E-state index contributed by atoms with van der Waals surface area (Å²) in [6.45, 7) is 8.03. The van der Waals surface area contributed by atoms with E-state index in [9.17, 15) is 19.8 Å². The van der Waals surface area contributed by atoms with Gasteiger partial charge in [0, 0.05) is 35.5 Å². The van der Waals surface area contributed by atoms with E-state index in [4.69, 9.17) is 0 Å². The number of quaternary nitrogens is 1. The number of aliphatic hydroxyl groups excluding tert-OH is 1. The molecule has 0 aromatic rings. The number of rotatable bonds is 6. The first kappa shape index (κ1) is 20.2. The van der Waals surface area contributed by atoms with E-state index in [2.05, 4.69) is 12.4 Å². The summed E-state index contributed by atoms with van der Waals surface area (Å²) in [6, 6.07) is 0.190. The Labute approximate surface area is 170 Å². The van der Waals surface area contributed by atoms with E-state index in [0.29, 0.717) is 11.3 Å². The molecule has 0 bridgehead atoms. The van der Waals surface area contributed by atoms with Crippen molar-refractivity contribution in [2.75, 3.05) is 33.2 Å². The molecule has 156 valence electrons. The molecule has 4 aliphatic rings. The molecule has 0 saturated carbocycles. The highest BCUT2D eigenvalue weighted by molar-refractivity contribution is 8.03. The van der Waals surface area contributed by atoms with E-state index in [0.717, 1.165) is 28.9 Å². The summed E-state index contributed by atoms with van der Waals surface area (Å²) in [4.78, 5) is 26.4. The van der Waals surface area contributed by atoms with Crippen molar-refractivity contribution in [1.29, 1.82) is 0 Å². The van der Waals surface area contributed by atoms with Gasteiger partial charge >= 0.3 is 0 Å². The first-order chi connectivity index (χ1) is 13.2. The Morgan fingerprint density at radius 1 is 1.43 bits per heavy atom. The number of hydrogen-bond donors (Lipinski definition) is 2. The molecule has 0 aliphatic carbocycles. The molecule has 3 saturated heterocycles. The van der Waals surface area contributed by atoms with Gasteiger partial charge in [-0.3, -0.25) is 4.79 Å². The molecule has 7 nitrogen and oxygen atoms in total. The van der Waals surface area contributed by atoms with Crippen LogP contribution in [0.4, 0.5) is 0 Å². The van der Waals surface area contributed by atoms with Gasteiger partial charge in [0.25, 0.3) is 0 Å². The van der Waals surface area contributed by atoms with Crippen LogP contribution in [-0.4, -0.2) is 83.0 Å². The standard InChI is InChI=1S/C20H31N3O4S/c1-11-16-15(12(2)24)19(25)22(16)17(20(26)27)18(11)28-14-8-13(21-9-14)10-23(3)6-4-5-7-23/h11-16,21,24H,4-10H2,1-3H3/t11-,12-,13+,14+,15-,16-/m1/s1. The van der Waals surface area contributed by atoms with Gasteiger partial charge in [-0.2, -0.15) is 0 Å². The fourth-order valence-electron chi connectivity index (χ4n) is 5.67. The van der Waals surface area contributed by atoms with Crippen LogP contribution in [0.5, 0.6) is 0 Å². The Morgan fingerprint density at radius 3 is 2.71 bits per heavy atom. The van der Waals surface area contributed by atoms with Crippen LogP contribution < -0.4 is 10.4 Å². The number of carboxylic acids is 1. The smallest absolute Gasteiger partial charge is 0.235 e. The molecule has 0 aromatic heterocycles. The van der Waals surface area contributed by atoms with E-state index in [1.54, 1.807) is 18.7 Å². The van der Waals surface area contributed by atoms with Crippen molar-refractivity contribution in [2.45, 2.75) is 56.5 Å². The first-order valence-electron chi connectivity index (χ1n) is 10.4. The number of nitrogens with zero attached hydrogens (tertiary/aromatic N) is 2. The van der Waals surface area contributed by atoms with Gasteiger partial charge in [0.2, 0.25) is 5.91 Å². The number of aliphatic hydroxyl groups is 1. The number of aliphatic carboxylic acids is 1. The third-order valence-corrected chi connectivity index (χ3v) is 8.60. The van der Waals surface area contributed by atoms with Crippen LogP contribution >= 0.6 is 11.8 Å². The Balaban J connectivity index is 1.45. The quantitative estimate of drug-likeness (QED) is 0.454. The third-order valence-electron chi connectivity index (χ3n) is 7.08. The van der Waals surface area contributed by atoms with E-state index < -0.39 is 18.0 Å². The molecule has 28 heavy (non-hydrogen) atoms. The second kappa shape index (κ2) is 7.31. The van der Waals surface area contributed by atoms with Crippen LogP contribution in [0.3, 0.4) is 0 Å². The normalized spacial score (nSPS) is 37.9. The van der Waals surface area contributed by atoms with Crippen LogP contribution in [-0.2, 0) is 9.59 Å².